The summed E-state index contributed by atoms with van der Waals surface area (Å²) in [6.07, 6.45) is 7.85. The quantitative estimate of drug-likeness (QED) is 0.267. The van der Waals surface area contributed by atoms with Gasteiger partial charge in [-0.1, -0.05) is 69.4 Å². The summed E-state index contributed by atoms with van der Waals surface area (Å²) in [5.41, 5.74) is 1.37. The molecule has 0 radical (unpaired) electrons. The Morgan fingerprint density at radius 3 is 2.23 bits per heavy atom. The number of methoxy groups -OCH3 is 1. The first kappa shape index (κ1) is 24.8. The molecule has 0 saturated carbocycles. The van der Waals surface area contributed by atoms with Crippen LogP contribution in [0.2, 0.25) is 0 Å². The molecule has 170 valence electrons. The van der Waals surface area contributed by atoms with Crippen LogP contribution in [0.1, 0.15) is 71.3 Å². The number of benzene rings is 2. The summed E-state index contributed by atoms with van der Waals surface area (Å²) in [4.78, 5) is 13.4. The third-order valence-electron chi connectivity index (χ3n) is 5.60. The minimum Gasteiger partial charge on any atom is -0.497 e. The molecule has 0 heterocycles. The van der Waals surface area contributed by atoms with Gasteiger partial charge in [0.2, 0.25) is 0 Å². The van der Waals surface area contributed by atoms with Gasteiger partial charge in [0.25, 0.3) is 0 Å². The van der Waals surface area contributed by atoms with E-state index in [1.165, 1.54) is 24.8 Å². The molecule has 0 fully saturated rings. The second kappa shape index (κ2) is 13.0. The zero-order valence-corrected chi connectivity index (χ0v) is 19.7. The van der Waals surface area contributed by atoms with Crippen LogP contribution in [0.25, 0.3) is 0 Å². The average Bonchev–Trinajstić information content (AvgIpc) is 2.78. The summed E-state index contributed by atoms with van der Waals surface area (Å²) in [6, 6.07) is 18.1. The van der Waals surface area contributed by atoms with Gasteiger partial charge in [-0.3, -0.25) is 0 Å². The summed E-state index contributed by atoms with van der Waals surface area (Å²) in [7, 11) is 1.66. The molecule has 4 heteroatoms. The van der Waals surface area contributed by atoms with E-state index in [2.05, 4.69) is 24.4 Å². The minimum atomic E-state index is -0.763. The SMILES string of the molecule is CCCCCCC[C@@](CCc1ccccc1)(Nc1ccc(OC)cc1)C(=O)OC(C)C. The number of hydrogen-bond acceptors (Lipinski definition) is 4. The molecule has 0 amide bonds. The maximum Gasteiger partial charge on any atom is 0.332 e. The van der Waals surface area contributed by atoms with Gasteiger partial charge in [0.15, 0.2) is 0 Å². The maximum atomic E-state index is 13.4. The van der Waals surface area contributed by atoms with E-state index < -0.39 is 5.54 Å². The predicted molar refractivity (Wildman–Crippen MR) is 129 cm³/mol. The largest absolute Gasteiger partial charge is 0.497 e. The van der Waals surface area contributed by atoms with Gasteiger partial charge in [-0.25, -0.2) is 4.79 Å². The molecule has 0 spiro atoms. The monoisotopic (exact) mass is 425 g/mol. The first-order chi connectivity index (χ1) is 15.0. The van der Waals surface area contributed by atoms with Crippen LogP contribution in [0.5, 0.6) is 5.75 Å². The average molecular weight is 426 g/mol. The Bertz CT molecular complexity index is 758. The predicted octanol–water partition coefficient (Wildman–Crippen LogP) is 6.79. The fraction of sp³-hybridized carbons (Fsp3) is 0.519. The van der Waals surface area contributed by atoms with Crippen molar-refractivity contribution in [2.24, 2.45) is 0 Å². The highest BCUT2D eigenvalue weighted by atomic mass is 16.5. The van der Waals surface area contributed by atoms with Crippen molar-refractivity contribution in [2.45, 2.75) is 83.8 Å². The summed E-state index contributed by atoms with van der Waals surface area (Å²) in [5, 5.41) is 3.58. The number of carbonyl (C=O) groups excluding carboxylic acids is 1. The van der Waals surface area contributed by atoms with Gasteiger partial charge in [0.05, 0.1) is 13.2 Å². The number of esters is 1. The zero-order valence-electron chi connectivity index (χ0n) is 19.7. The van der Waals surface area contributed by atoms with Gasteiger partial charge in [-0.2, -0.15) is 0 Å². The topological polar surface area (TPSA) is 47.6 Å². The van der Waals surface area contributed by atoms with E-state index in [1.807, 2.05) is 56.3 Å². The van der Waals surface area contributed by atoms with Crippen molar-refractivity contribution in [1.82, 2.24) is 0 Å². The Morgan fingerprint density at radius 1 is 0.935 bits per heavy atom. The number of anilines is 1. The van der Waals surface area contributed by atoms with Crippen LogP contribution in [0.3, 0.4) is 0 Å². The normalized spacial score (nSPS) is 12.9. The highest BCUT2D eigenvalue weighted by Crippen LogP contribution is 2.30. The highest BCUT2D eigenvalue weighted by Gasteiger charge is 2.39. The van der Waals surface area contributed by atoms with Gasteiger partial charge in [0.1, 0.15) is 11.3 Å². The molecule has 0 saturated heterocycles. The van der Waals surface area contributed by atoms with E-state index in [0.29, 0.717) is 6.42 Å². The van der Waals surface area contributed by atoms with Crippen molar-refractivity contribution >= 4 is 11.7 Å². The van der Waals surface area contributed by atoms with Gasteiger partial charge in [-0.15, -0.1) is 0 Å². The number of carbonyl (C=O) groups is 1. The van der Waals surface area contributed by atoms with Crippen molar-refractivity contribution in [3.05, 3.63) is 60.2 Å². The number of ether oxygens (including phenoxy) is 2. The standard InChI is InChI=1S/C27H39NO3/c1-5-6-7-8-12-20-27(26(29)31-22(2)3,21-19-23-13-10-9-11-14-23)28-24-15-17-25(30-4)18-16-24/h9-11,13-18,22,28H,5-8,12,19-21H2,1-4H3/t27-/m0/s1. The number of hydrogen-bond donors (Lipinski definition) is 1. The molecule has 1 N–H and O–H groups in total. The second-order valence-corrected chi connectivity index (χ2v) is 8.54. The number of aryl methyl sites for hydroxylation is 1. The van der Waals surface area contributed by atoms with Gasteiger partial charge in [0, 0.05) is 5.69 Å². The number of unbranched alkanes of at least 4 members (excludes halogenated alkanes) is 4. The van der Waals surface area contributed by atoms with E-state index >= 15 is 0 Å². The highest BCUT2D eigenvalue weighted by molar-refractivity contribution is 5.84. The number of rotatable bonds is 14. The Labute approximate surface area is 188 Å². The van der Waals surface area contributed by atoms with E-state index in [9.17, 15) is 4.79 Å². The Balaban J connectivity index is 2.27. The summed E-state index contributed by atoms with van der Waals surface area (Å²) >= 11 is 0. The molecule has 2 rings (SSSR count). The Morgan fingerprint density at radius 2 is 1.61 bits per heavy atom. The molecular formula is C27H39NO3. The van der Waals surface area contributed by atoms with Gasteiger partial charge in [-0.05, 0) is 62.9 Å². The van der Waals surface area contributed by atoms with E-state index in [0.717, 1.165) is 37.1 Å². The lowest BCUT2D eigenvalue weighted by molar-refractivity contribution is -0.153. The molecule has 0 aliphatic carbocycles. The second-order valence-electron chi connectivity index (χ2n) is 8.54. The summed E-state index contributed by atoms with van der Waals surface area (Å²) in [6.45, 7) is 6.04. The lowest BCUT2D eigenvalue weighted by Gasteiger charge is -2.34. The molecule has 0 aromatic heterocycles. The Kier molecular flexibility index (Phi) is 10.4. The van der Waals surface area contributed by atoms with E-state index in [-0.39, 0.29) is 12.1 Å². The van der Waals surface area contributed by atoms with Gasteiger partial charge >= 0.3 is 5.97 Å². The summed E-state index contributed by atoms with van der Waals surface area (Å²) < 4.78 is 11.1. The minimum absolute atomic E-state index is 0.152. The summed E-state index contributed by atoms with van der Waals surface area (Å²) in [5.74, 6) is 0.634. The molecule has 4 nitrogen and oxygen atoms in total. The maximum absolute atomic E-state index is 13.4. The van der Waals surface area contributed by atoms with Crippen molar-refractivity contribution in [3.63, 3.8) is 0 Å². The lowest BCUT2D eigenvalue weighted by Crippen LogP contribution is -2.48. The van der Waals surface area contributed by atoms with Crippen LogP contribution >= 0.6 is 0 Å². The molecule has 0 aliphatic rings. The zero-order chi connectivity index (χ0) is 22.5. The molecule has 2 aromatic rings. The van der Waals surface area contributed by atoms with Crippen molar-refractivity contribution in [3.8, 4) is 5.75 Å². The van der Waals surface area contributed by atoms with Crippen LogP contribution in [-0.4, -0.2) is 24.7 Å². The molecule has 31 heavy (non-hydrogen) atoms. The molecular weight excluding hydrogens is 386 g/mol. The van der Waals surface area contributed by atoms with Crippen LogP contribution < -0.4 is 10.1 Å². The molecule has 0 aliphatic heterocycles. The Hall–Kier alpha value is -2.49. The molecule has 0 bridgehead atoms. The first-order valence-electron chi connectivity index (χ1n) is 11.7. The molecule has 0 unspecified atom stereocenters. The van der Waals surface area contributed by atoms with Crippen molar-refractivity contribution < 1.29 is 14.3 Å². The third kappa shape index (κ3) is 8.28. The van der Waals surface area contributed by atoms with E-state index in [1.54, 1.807) is 7.11 Å². The fourth-order valence-electron chi connectivity index (χ4n) is 3.82. The third-order valence-corrected chi connectivity index (χ3v) is 5.60. The molecule has 1 atom stereocenters. The molecule has 2 aromatic carbocycles. The fourth-order valence-corrected chi connectivity index (χ4v) is 3.82. The van der Waals surface area contributed by atoms with Crippen molar-refractivity contribution in [2.75, 3.05) is 12.4 Å². The lowest BCUT2D eigenvalue weighted by atomic mass is 9.85. The first-order valence-corrected chi connectivity index (χ1v) is 11.7. The van der Waals surface area contributed by atoms with Gasteiger partial charge < -0.3 is 14.8 Å². The van der Waals surface area contributed by atoms with Crippen LogP contribution in [0.15, 0.2) is 54.6 Å². The van der Waals surface area contributed by atoms with E-state index in [4.69, 9.17) is 9.47 Å². The van der Waals surface area contributed by atoms with Crippen LogP contribution in [0, 0.1) is 0 Å². The smallest absolute Gasteiger partial charge is 0.332 e. The van der Waals surface area contributed by atoms with Crippen LogP contribution in [-0.2, 0) is 16.0 Å². The van der Waals surface area contributed by atoms with Crippen molar-refractivity contribution in [1.29, 1.82) is 0 Å². The van der Waals surface area contributed by atoms with Crippen LogP contribution in [0.4, 0.5) is 5.69 Å². The number of nitrogens with one attached hydrogen (secondary N) is 1.